The Hall–Kier alpha value is -2.48. The molecule has 4 heterocycles. The van der Waals surface area contributed by atoms with Crippen LogP contribution in [0.3, 0.4) is 0 Å². The van der Waals surface area contributed by atoms with E-state index in [1.54, 1.807) is 6.33 Å². The summed E-state index contributed by atoms with van der Waals surface area (Å²) in [6, 6.07) is 2.05. The SMILES string of the molecule is Cn1ccc(CNCC2CCCN(c3nccn4cnnc34)C2)n1. The molecule has 1 aliphatic rings. The molecule has 4 rings (SSSR count). The summed E-state index contributed by atoms with van der Waals surface area (Å²) in [7, 11) is 1.95. The highest BCUT2D eigenvalue weighted by molar-refractivity contribution is 5.63. The van der Waals surface area contributed by atoms with Crippen LogP contribution in [0.4, 0.5) is 5.82 Å². The number of hydrogen-bond acceptors (Lipinski definition) is 6. The van der Waals surface area contributed by atoms with E-state index in [4.69, 9.17) is 0 Å². The highest BCUT2D eigenvalue weighted by Gasteiger charge is 2.23. The molecule has 126 valence electrons. The minimum atomic E-state index is 0.604. The molecule has 0 spiro atoms. The second kappa shape index (κ2) is 6.56. The Morgan fingerprint density at radius 3 is 3.17 bits per heavy atom. The van der Waals surface area contributed by atoms with E-state index in [-0.39, 0.29) is 0 Å². The monoisotopic (exact) mass is 326 g/mol. The maximum absolute atomic E-state index is 4.54. The molecular weight excluding hydrogens is 304 g/mol. The molecule has 0 aromatic carbocycles. The zero-order valence-corrected chi connectivity index (χ0v) is 13.8. The average molecular weight is 326 g/mol. The van der Waals surface area contributed by atoms with Gasteiger partial charge in [-0.3, -0.25) is 9.08 Å². The lowest BCUT2D eigenvalue weighted by atomic mass is 9.98. The summed E-state index contributed by atoms with van der Waals surface area (Å²) in [5.74, 6) is 1.54. The molecule has 8 heteroatoms. The van der Waals surface area contributed by atoms with Gasteiger partial charge in [0, 0.05) is 51.8 Å². The summed E-state index contributed by atoms with van der Waals surface area (Å²) < 4.78 is 3.76. The summed E-state index contributed by atoms with van der Waals surface area (Å²) in [5.41, 5.74) is 1.92. The second-order valence-electron chi connectivity index (χ2n) is 6.38. The molecule has 1 aliphatic heterocycles. The molecule has 8 nitrogen and oxygen atoms in total. The lowest BCUT2D eigenvalue weighted by Gasteiger charge is -2.33. The third kappa shape index (κ3) is 3.09. The normalized spacial score (nSPS) is 18.4. The van der Waals surface area contributed by atoms with Crippen molar-refractivity contribution < 1.29 is 0 Å². The summed E-state index contributed by atoms with van der Waals surface area (Å²) in [6.07, 6.45) is 9.80. The van der Waals surface area contributed by atoms with Crippen LogP contribution in [0.15, 0.2) is 31.0 Å². The average Bonchev–Trinajstić information content (AvgIpc) is 3.23. The van der Waals surface area contributed by atoms with Gasteiger partial charge in [-0.05, 0) is 24.8 Å². The van der Waals surface area contributed by atoms with Crippen LogP contribution >= 0.6 is 0 Å². The molecule has 0 bridgehead atoms. The van der Waals surface area contributed by atoms with Crippen molar-refractivity contribution in [3.8, 4) is 0 Å². The number of fused-ring (bicyclic) bond motifs is 1. The first-order valence-electron chi connectivity index (χ1n) is 8.38. The van der Waals surface area contributed by atoms with Gasteiger partial charge in [-0.2, -0.15) is 5.10 Å². The molecule has 0 radical (unpaired) electrons. The van der Waals surface area contributed by atoms with Crippen LogP contribution in [0, 0.1) is 5.92 Å². The van der Waals surface area contributed by atoms with Crippen molar-refractivity contribution in [2.24, 2.45) is 13.0 Å². The van der Waals surface area contributed by atoms with Crippen LogP contribution in [0.2, 0.25) is 0 Å². The molecule has 1 N–H and O–H groups in total. The fourth-order valence-electron chi connectivity index (χ4n) is 3.35. The summed E-state index contributed by atoms with van der Waals surface area (Å²) in [4.78, 5) is 6.87. The van der Waals surface area contributed by atoms with E-state index in [2.05, 4.69) is 36.6 Å². The topological polar surface area (TPSA) is 76.2 Å². The first-order chi connectivity index (χ1) is 11.8. The number of anilines is 1. The Morgan fingerprint density at radius 2 is 2.29 bits per heavy atom. The zero-order valence-electron chi connectivity index (χ0n) is 13.8. The van der Waals surface area contributed by atoms with Gasteiger partial charge < -0.3 is 10.2 Å². The van der Waals surface area contributed by atoms with Gasteiger partial charge in [0.2, 0.25) is 5.65 Å². The van der Waals surface area contributed by atoms with Gasteiger partial charge in [0.15, 0.2) is 5.82 Å². The number of nitrogens with zero attached hydrogens (tertiary/aromatic N) is 7. The number of rotatable bonds is 5. The number of aryl methyl sites for hydroxylation is 1. The van der Waals surface area contributed by atoms with Gasteiger partial charge in [0.05, 0.1) is 5.69 Å². The van der Waals surface area contributed by atoms with Gasteiger partial charge >= 0.3 is 0 Å². The Morgan fingerprint density at radius 1 is 1.33 bits per heavy atom. The predicted octanol–water partition coefficient (Wildman–Crippen LogP) is 0.864. The Labute approximate surface area is 140 Å². The van der Waals surface area contributed by atoms with Gasteiger partial charge in [0.25, 0.3) is 0 Å². The summed E-state index contributed by atoms with van der Waals surface area (Å²) >= 11 is 0. The minimum Gasteiger partial charge on any atom is -0.353 e. The third-order valence-electron chi connectivity index (χ3n) is 4.52. The largest absolute Gasteiger partial charge is 0.353 e. The molecule has 3 aromatic heterocycles. The number of piperidine rings is 1. The van der Waals surface area contributed by atoms with E-state index in [0.717, 1.165) is 43.3 Å². The van der Waals surface area contributed by atoms with Gasteiger partial charge in [-0.15, -0.1) is 10.2 Å². The molecule has 1 atom stereocenters. The molecule has 1 fully saturated rings. The van der Waals surface area contributed by atoms with Crippen molar-refractivity contribution in [1.82, 2.24) is 34.7 Å². The van der Waals surface area contributed by atoms with E-state index in [0.29, 0.717) is 5.92 Å². The zero-order chi connectivity index (χ0) is 16.4. The van der Waals surface area contributed by atoms with Crippen LogP contribution in [0.25, 0.3) is 5.65 Å². The first-order valence-corrected chi connectivity index (χ1v) is 8.38. The first kappa shape index (κ1) is 15.1. The predicted molar refractivity (Wildman–Crippen MR) is 90.6 cm³/mol. The van der Waals surface area contributed by atoms with E-state index in [1.165, 1.54) is 12.8 Å². The van der Waals surface area contributed by atoms with Crippen molar-refractivity contribution in [3.63, 3.8) is 0 Å². The lowest BCUT2D eigenvalue weighted by Crippen LogP contribution is -2.40. The van der Waals surface area contributed by atoms with Crippen LogP contribution in [0.5, 0.6) is 0 Å². The standard InChI is InChI=1S/C16H22N8/c1-22-7-4-14(21-22)10-17-9-13-3-2-6-23(11-13)15-16-20-19-12-24(16)8-5-18-15/h4-5,7-8,12-13,17H,2-3,6,9-11H2,1H3. The maximum atomic E-state index is 4.54. The molecule has 3 aromatic rings. The lowest BCUT2D eigenvalue weighted by molar-refractivity contribution is 0.389. The van der Waals surface area contributed by atoms with Crippen LogP contribution < -0.4 is 10.2 Å². The van der Waals surface area contributed by atoms with E-state index < -0.39 is 0 Å². The van der Waals surface area contributed by atoms with E-state index >= 15 is 0 Å². The Kier molecular flexibility index (Phi) is 4.12. The molecule has 1 unspecified atom stereocenters. The van der Waals surface area contributed by atoms with Crippen molar-refractivity contribution in [2.75, 3.05) is 24.5 Å². The molecule has 0 saturated carbocycles. The fraction of sp³-hybridized carbons (Fsp3) is 0.500. The van der Waals surface area contributed by atoms with Gasteiger partial charge in [-0.25, -0.2) is 4.98 Å². The quantitative estimate of drug-likeness (QED) is 0.749. The molecule has 24 heavy (non-hydrogen) atoms. The van der Waals surface area contributed by atoms with Gasteiger partial charge in [0.1, 0.15) is 6.33 Å². The van der Waals surface area contributed by atoms with Crippen molar-refractivity contribution in [3.05, 3.63) is 36.7 Å². The molecule has 1 saturated heterocycles. The highest BCUT2D eigenvalue weighted by atomic mass is 15.3. The van der Waals surface area contributed by atoms with E-state index in [9.17, 15) is 0 Å². The Bertz CT molecular complexity index is 807. The van der Waals surface area contributed by atoms with Crippen LogP contribution in [-0.4, -0.2) is 49.0 Å². The van der Waals surface area contributed by atoms with Gasteiger partial charge in [-0.1, -0.05) is 0 Å². The maximum Gasteiger partial charge on any atom is 0.203 e. The Balaban J connectivity index is 1.38. The number of aromatic nitrogens is 6. The highest BCUT2D eigenvalue weighted by Crippen LogP contribution is 2.23. The fourth-order valence-corrected chi connectivity index (χ4v) is 3.35. The van der Waals surface area contributed by atoms with E-state index in [1.807, 2.05) is 34.7 Å². The van der Waals surface area contributed by atoms with Crippen LogP contribution in [0.1, 0.15) is 18.5 Å². The smallest absolute Gasteiger partial charge is 0.203 e. The molecular formula is C16H22N8. The third-order valence-corrected chi connectivity index (χ3v) is 4.52. The van der Waals surface area contributed by atoms with Crippen molar-refractivity contribution in [2.45, 2.75) is 19.4 Å². The molecule has 0 aliphatic carbocycles. The van der Waals surface area contributed by atoms with Crippen molar-refractivity contribution >= 4 is 11.5 Å². The van der Waals surface area contributed by atoms with Crippen molar-refractivity contribution in [1.29, 1.82) is 0 Å². The summed E-state index contributed by atoms with van der Waals surface area (Å²) in [5, 5.41) is 16.1. The molecule has 0 amide bonds. The summed E-state index contributed by atoms with van der Waals surface area (Å²) in [6.45, 7) is 3.82. The van der Waals surface area contributed by atoms with Crippen LogP contribution in [-0.2, 0) is 13.6 Å². The number of nitrogens with one attached hydrogen (secondary N) is 1. The number of hydrogen-bond donors (Lipinski definition) is 1. The minimum absolute atomic E-state index is 0.604. The second-order valence-corrected chi connectivity index (χ2v) is 6.38.